The zero-order chi connectivity index (χ0) is 13.2. The molecule has 17 heavy (non-hydrogen) atoms. The van der Waals surface area contributed by atoms with Crippen molar-refractivity contribution < 1.29 is 9.90 Å². The number of nitrogens with zero attached hydrogens (tertiary/aromatic N) is 2. The molecule has 1 atom stereocenters. The van der Waals surface area contributed by atoms with E-state index < -0.39 is 11.6 Å². The number of aromatic nitrogens is 2. The maximum atomic E-state index is 12.0. The number of aryl methyl sites for hydroxylation is 2. The van der Waals surface area contributed by atoms with Crippen LogP contribution in [0.1, 0.15) is 43.9 Å². The zero-order valence-electron chi connectivity index (χ0n) is 11.1. The number of hydrogen-bond acceptors (Lipinski definition) is 3. The van der Waals surface area contributed by atoms with Gasteiger partial charge in [-0.3, -0.25) is 9.48 Å². The van der Waals surface area contributed by atoms with Crippen LogP contribution in [0.15, 0.2) is 6.07 Å². The SMILES string of the molecule is CCc1cc(C(=O)NC(C)(C)C(C)O)n(C)n1. The minimum atomic E-state index is -0.659. The van der Waals surface area contributed by atoms with E-state index in [2.05, 4.69) is 10.4 Å². The summed E-state index contributed by atoms with van der Waals surface area (Å²) in [5.74, 6) is -0.217. The molecule has 0 spiro atoms. The maximum Gasteiger partial charge on any atom is 0.270 e. The fraction of sp³-hybridized carbons (Fsp3) is 0.667. The zero-order valence-corrected chi connectivity index (χ0v) is 11.1. The predicted octanol–water partition coefficient (Wildman–Crippen LogP) is 0.872. The van der Waals surface area contributed by atoms with E-state index in [1.165, 1.54) is 0 Å². The van der Waals surface area contributed by atoms with E-state index in [9.17, 15) is 9.90 Å². The lowest BCUT2D eigenvalue weighted by Crippen LogP contribution is -2.51. The standard InChI is InChI=1S/C12H21N3O2/c1-6-9-7-10(15(5)14-9)11(17)13-12(3,4)8(2)16/h7-8,16H,6H2,1-5H3,(H,13,17). The van der Waals surface area contributed by atoms with Crippen LogP contribution in [0.2, 0.25) is 0 Å². The fourth-order valence-electron chi connectivity index (χ4n) is 1.37. The third-order valence-corrected chi connectivity index (χ3v) is 3.01. The van der Waals surface area contributed by atoms with Gasteiger partial charge in [-0.05, 0) is 33.3 Å². The van der Waals surface area contributed by atoms with Crippen LogP contribution in [-0.2, 0) is 13.5 Å². The van der Waals surface area contributed by atoms with Gasteiger partial charge in [0.15, 0.2) is 0 Å². The Balaban J connectivity index is 2.86. The summed E-state index contributed by atoms with van der Waals surface area (Å²) in [7, 11) is 1.74. The quantitative estimate of drug-likeness (QED) is 0.819. The second-order valence-electron chi connectivity index (χ2n) is 4.85. The molecule has 1 heterocycles. The van der Waals surface area contributed by atoms with Gasteiger partial charge in [0.1, 0.15) is 5.69 Å². The van der Waals surface area contributed by atoms with Crippen LogP contribution in [0, 0.1) is 0 Å². The van der Waals surface area contributed by atoms with Gasteiger partial charge in [-0.2, -0.15) is 5.10 Å². The molecule has 0 fully saturated rings. The Labute approximate surface area is 102 Å². The summed E-state index contributed by atoms with van der Waals surface area (Å²) in [6.45, 7) is 7.21. The van der Waals surface area contributed by atoms with Crippen LogP contribution >= 0.6 is 0 Å². The Morgan fingerprint density at radius 1 is 1.65 bits per heavy atom. The van der Waals surface area contributed by atoms with Crippen LogP contribution in [0.25, 0.3) is 0 Å². The highest BCUT2D eigenvalue weighted by atomic mass is 16.3. The van der Waals surface area contributed by atoms with Gasteiger partial charge in [0, 0.05) is 7.05 Å². The first-order valence-corrected chi connectivity index (χ1v) is 5.81. The van der Waals surface area contributed by atoms with Crippen molar-refractivity contribution in [1.29, 1.82) is 0 Å². The topological polar surface area (TPSA) is 67.2 Å². The average molecular weight is 239 g/mol. The van der Waals surface area contributed by atoms with Crippen LogP contribution in [0.4, 0.5) is 0 Å². The molecule has 0 radical (unpaired) electrons. The highest BCUT2D eigenvalue weighted by Crippen LogP contribution is 2.11. The summed E-state index contributed by atoms with van der Waals surface area (Å²) in [6.07, 6.45) is 0.173. The van der Waals surface area contributed by atoms with E-state index in [4.69, 9.17) is 0 Å². The van der Waals surface area contributed by atoms with Gasteiger partial charge in [0.25, 0.3) is 5.91 Å². The molecule has 0 aliphatic heterocycles. The fourth-order valence-corrected chi connectivity index (χ4v) is 1.37. The van der Waals surface area contributed by atoms with Crippen molar-refractivity contribution in [3.63, 3.8) is 0 Å². The number of hydrogen-bond donors (Lipinski definition) is 2. The summed E-state index contributed by atoms with van der Waals surface area (Å²) >= 11 is 0. The molecule has 0 saturated heterocycles. The number of aliphatic hydroxyl groups is 1. The lowest BCUT2D eigenvalue weighted by Gasteiger charge is -2.29. The molecule has 0 aliphatic carbocycles. The molecule has 96 valence electrons. The molecule has 1 aromatic rings. The second-order valence-corrected chi connectivity index (χ2v) is 4.85. The Bertz CT molecular complexity index is 408. The predicted molar refractivity (Wildman–Crippen MR) is 65.8 cm³/mol. The van der Waals surface area contributed by atoms with Gasteiger partial charge in [-0.15, -0.1) is 0 Å². The first-order valence-electron chi connectivity index (χ1n) is 5.81. The maximum absolute atomic E-state index is 12.0. The first kappa shape index (κ1) is 13.7. The number of carbonyl (C=O) groups excluding carboxylic acids is 1. The van der Waals surface area contributed by atoms with Gasteiger partial charge in [-0.25, -0.2) is 0 Å². The van der Waals surface area contributed by atoms with Crippen molar-refractivity contribution in [2.24, 2.45) is 7.05 Å². The highest BCUT2D eigenvalue weighted by Gasteiger charge is 2.27. The third kappa shape index (κ3) is 3.06. The number of aliphatic hydroxyl groups excluding tert-OH is 1. The van der Waals surface area contributed by atoms with Crippen LogP contribution in [0.5, 0.6) is 0 Å². The van der Waals surface area contributed by atoms with E-state index >= 15 is 0 Å². The van der Waals surface area contributed by atoms with Crippen LogP contribution < -0.4 is 5.32 Å². The van der Waals surface area contributed by atoms with Crippen LogP contribution in [-0.4, -0.2) is 32.4 Å². The average Bonchev–Trinajstić information content (AvgIpc) is 2.58. The Morgan fingerprint density at radius 3 is 2.65 bits per heavy atom. The summed E-state index contributed by atoms with van der Waals surface area (Å²) in [5, 5.41) is 16.6. The molecule has 5 heteroatoms. The number of nitrogens with one attached hydrogen (secondary N) is 1. The van der Waals surface area contributed by atoms with Gasteiger partial charge < -0.3 is 10.4 Å². The minimum Gasteiger partial charge on any atom is -0.391 e. The molecule has 5 nitrogen and oxygen atoms in total. The van der Waals surface area contributed by atoms with Crippen molar-refractivity contribution in [1.82, 2.24) is 15.1 Å². The summed E-state index contributed by atoms with van der Waals surface area (Å²) < 4.78 is 1.56. The molecular formula is C12H21N3O2. The Kier molecular flexibility index (Phi) is 3.93. The number of rotatable bonds is 4. The molecule has 0 aliphatic rings. The molecular weight excluding hydrogens is 218 g/mol. The molecule has 0 aromatic carbocycles. The number of carbonyl (C=O) groups is 1. The Hall–Kier alpha value is -1.36. The first-order chi connectivity index (χ1) is 7.77. The molecule has 1 rings (SSSR count). The Morgan fingerprint density at radius 2 is 2.24 bits per heavy atom. The number of amides is 1. The van der Waals surface area contributed by atoms with Gasteiger partial charge >= 0.3 is 0 Å². The second kappa shape index (κ2) is 4.87. The van der Waals surface area contributed by atoms with Gasteiger partial charge in [0.2, 0.25) is 0 Å². The lowest BCUT2D eigenvalue weighted by atomic mass is 9.98. The van der Waals surface area contributed by atoms with E-state index in [-0.39, 0.29) is 5.91 Å². The van der Waals surface area contributed by atoms with E-state index in [1.807, 2.05) is 6.92 Å². The minimum absolute atomic E-state index is 0.217. The molecule has 2 N–H and O–H groups in total. The lowest BCUT2D eigenvalue weighted by molar-refractivity contribution is 0.0702. The van der Waals surface area contributed by atoms with Crippen LogP contribution in [0.3, 0.4) is 0 Å². The third-order valence-electron chi connectivity index (χ3n) is 3.01. The van der Waals surface area contributed by atoms with Crippen molar-refractivity contribution in [2.45, 2.75) is 45.8 Å². The van der Waals surface area contributed by atoms with Gasteiger partial charge in [-0.1, -0.05) is 6.92 Å². The van der Waals surface area contributed by atoms with E-state index in [0.717, 1.165) is 12.1 Å². The van der Waals surface area contributed by atoms with Gasteiger partial charge in [0.05, 0.1) is 17.3 Å². The monoisotopic (exact) mass is 239 g/mol. The molecule has 1 unspecified atom stereocenters. The summed E-state index contributed by atoms with van der Waals surface area (Å²) in [4.78, 5) is 12.0. The largest absolute Gasteiger partial charge is 0.391 e. The van der Waals surface area contributed by atoms with E-state index in [0.29, 0.717) is 5.69 Å². The van der Waals surface area contributed by atoms with Crippen molar-refractivity contribution in [2.75, 3.05) is 0 Å². The van der Waals surface area contributed by atoms with Crippen molar-refractivity contribution in [3.05, 3.63) is 17.5 Å². The molecule has 1 aromatic heterocycles. The normalized spacial score (nSPS) is 13.5. The summed E-state index contributed by atoms with van der Waals surface area (Å²) in [5.41, 5.74) is 0.733. The molecule has 0 saturated carbocycles. The van der Waals surface area contributed by atoms with E-state index in [1.54, 1.807) is 38.6 Å². The molecule has 0 bridgehead atoms. The smallest absolute Gasteiger partial charge is 0.270 e. The summed E-state index contributed by atoms with van der Waals surface area (Å²) in [6, 6.07) is 1.77. The van der Waals surface area contributed by atoms with Crippen molar-refractivity contribution >= 4 is 5.91 Å². The highest BCUT2D eigenvalue weighted by molar-refractivity contribution is 5.93. The van der Waals surface area contributed by atoms with Crippen molar-refractivity contribution in [3.8, 4) is 0 Å². The molecule has 1 amide bonds.